The minimum absolute atomic E-state index is 0.0395. The molecule has 0 fully saturated rings. The predicted molar refractivity (Wildman–Crippen MR) is 61.2 cm³/mol. The van der Waals surface area contributed by atoms with Crippen molar-refractivity contribution >= 4 is 0 Å². The Morgan fingerprint density at radius 1 is 1.26 bits per heavy atom. The molecule has 0 amide bonds. The maximum atomic E-state index is 12.2. The minimum Gasteiger partial charge on any atom is -0.497 e. The van der Waals surface area contributed by atoms with Crippen LogP contribution in [0.4, 0.5) is 13.2 Å². The highest BCUT2D eigenvalue weighted by atomic mass is 19.4. The largest absolute Gasteiger partial charge is 0.497 e. The highest BCUT2D eigenvalue weighted by Crippen LogP contribution is 2.30. The molecule has 0 saturated heterocycles. The zero-order valence-corrected chi connectivity index (χ0v) is 10.4. The zero-order chi connectivity index (χ0) is 14.6. The van der Waals surface area contributed by atoms with Crippen molar-refractivity contribution in [3.63, 3.8) is 0 Å². The molecule has 2 N–H and O–H groups in total. The number of hydrogen-bond donors (Lipinski definition) is 2. The van der Waals surface area contributed by atoms with Crippen molar-refractivity contribution in [1.82, 2.24) is 0 Å². The first-order valence-electron chi connectivity index (χ1n) is 5.49. The molecule has 0 spiro atoms. The number of aliphatic hydroxyl groups is 2. The molecule has 1 aromatic carbocycles. The fourth-order valence-electron chi connectivity index (χ4n) is 1.38. The lowest BCUT2D eigenvalue weighted by Gasteiger charge is -2.18. The Kier molecular flexibility index (Phi) is 5.02. The van der Waals surface area contributed by atoms with Crippen LogP contribution in [-0.2, 0) is 0 Å². The Bertz CT molecular complexity index is 418. The van der Waals surface area contributed by atoms with Crippen LogP contribution in [-0.4, -0.2) is 36.2 Å². The van der Waals surface area contributed by atoms with E-state index in [2.05, 4.69) is 0 Å². The van der Waals surface area contributed by atoms with E-state index in [0.29, 0.717) is 11.3 Å². The predicted octanol–water partition coefficient (Wildman–Crippen LogP) is 2.05. The fraction of sp³-hybridized carbons (Fsp3) is 0.500. The number of ether oxygens (including phenoxy) is 2. The molecule has 0 aliphatic carbocycles. The summed E-state index contributed by atoms with van der Waals surface area (Å²) in [5, 5.41) is 18.3. The zero-order valence-electron chi connectivity index (χ0n) is 10.4. The van der Waals surface area contributed by atoms with Gasteiger partial charge >= 0.3 is 6.18 Å². The summed E-state index contributed by atoms with van der Waals surface area (Å²) < 4.78 is 46.3. The van der Waals surface area contributed by atoms with Crippen LogP contribution in [0.2, 0.25) is 0 Å². The van der Waals surface area contributed by atoms with E-state index < -0.39 is 25.0 Å². The standard InChI is InChI=1S/C12H15F3O4/c1-7(16)9-4-3-8(18-2)5-10(9)19-6-11(17)12(13,14)15/h3-5,7,11,16-17H,6H2,1-2H3/t7-,11?/m0/s1. The monoisotopic (exact) mass is 280 g/mol. The second-order valence-electron chi connectivity index (χ2n) is 3.95. The normalized spacial score (nSPS) is 14.9. The van der Waals surface area contributed by atoms with Gasteiger partial charge in [0.1, 0.15) is 18.1 Å². The summed E-state index contributed by atoms with van der Waals surface area (Å²) in [5.41, 5.74) is 0.315. The summed E-state index contributed by atoms with van der Waals surface area (Å²) in [6.07, 6.45) is -8.24. The molecule has 0 aliphatic rings. The van der Waals surface area contributed by atoms with E-state index in [-0.39, 0.29) is 5.75 Å². The van der Waals surface area contributed by atoms with E-state index in [4.69, 9.17) is 14.6 Å². The van der Waals surface area contributed by atoms with Crippen molar-refractivity contribution < 1.29 is 32.9 Å². The number of halogens is 3. The van der Waals surface area contributed by atoms with Crippen molar-refractivity contribution in [1.29, 1.82) is 0 Å². The molecule has 0 radical (unpaired) electrons. The van der Waals surface area contributed by atoms with E-state index >= 15 is 0 Å². The Balaban J connectivity index is 2.86. The maximum Gasteiger partial charge on any atom is 0.417 e. The molecule has 2 atom stereocenters. The quantitative estimate of drug-likeness (QED) is 0.866. The van der Waals surface area contributed by atoms with Crippen LogP contribution in [0.15, 0.2) is 18.2 Å². The number of methoxy groups -OCH3 is 1. The second kappa shape index (κ2) is 6.12. The third-order valence-corrected chi connectivity index (χ3v) is 2.45. The summed E-state index contributed by atoms with van der Waals surface area (Å²) in [4.78, 5) is 0. The number of rotatable bonds is 5. The number of benzene rings is 1. The van der Waals surface area contributed by atoms with E-state index in [1.165, 1.54) is 26.2 Å². The number of aliphatic hydroxyl groups excluding tert-OH is 2. The lowest BCUT2D eigenvalue weighted by atomic mass is 10.1. The van der Waals surface area contributed by atoms with E-state index in [9.17, 15) is 18.3 Å². The average Bonchev–Trinajstić information content (AvgIpc) is 2.33. The Morgan fingerprint density at radius 2 is 1.89 bits per heavy atom. The van der Waals surface area contributed by atoms with Gasteiger partial charge in [0, 0.05) is 11.6 Å². The van der Waals surface area contributed by atoms with E-state index in [1.807, 2.05) is 0 Å². The summed E-state index contributed by atoms with van der Waals surface area (Å²) in [5.74, 6) is 0.415. The van der Waals surface area contributed by atoms with E-state index in [1.54, 1.807) is 6.07 Å². The van der Waals surface area contributed by atoms with Crippen molar-refractivity contribution in [3.8, 4) is 11.5 Å². The first-order valence-corrected chi connectivity index (χ1v) is 5.49. The van der Waals surface area contributed by atoms with Crippen molar-refractivity contribution in [2.24, 2.45) is 0 Å². The summed E-state index contributed by atoms with van der Waals surface area (Å²) in [6, 6.07) is 4.39. The summed E-state index contributed by atoms with van der Waals surface area (Å²) in [6.45, 7) is 0.505. The molecule has 19 heavy (non-hydrogen) atoms. The molecule has 7 heteroatoms. The van der Waals surface area contributed by atoms with Gasteiger partial charge in [-0.25, -0.2) is 0 Å². The molecule has 0 heterocycles. The van der Waals surface area contributed by atoms with Gasteiger partial charge in [-0.3, -0.25) is 0 Å². The van der Waals surface area contributed by atoms with Gasteiger partial charge in [0.25, 0.3) is 0 Å². The van der Waals surface area contributed by atoms with E-state index in [0.717, 1.165) is 0 Å². The first kappa shape index (κ1) is 15.6. The Labute approximate surface area is 108 Å². The van der Waals surface area contributed by atoms with Crippen LogP contribution >= 0.6 is 0 Å². The minimum atomic E-state index is -4.75. The first-order chi connectivity index (χ1) is 8.75. The molecule has 1 aromatic rings. The fourth-order valence-corrected chi connectivity index (χ4v) is 1.38. The van der Waals surface area contributed by atoms with Gasteiger partial charge in [0.2, 0.25) is 0 Å². The van der Waals surface area contributed by atoms with Gasteiger partial charge in [-0.1, -0.05) is 0 Å². The topological polar surface area (TPSA) is 58.9 Å². The van der Waals surface area contributed by atoms with Gasteiger partial charge in [0.05, 0.1) is 13.2 Å². The molecule has 108 valence electrons. The van der Waals surface area contributed by atoms with Crippen molar-refractivity contribution in [2.45, 2.75) is 25.3 Å². The van der Waals surface area contributed by atoms with Crippen LogP contribution < -0.4 is 9.47 Å². The van der Waals surface area contributed by atoms with Crippen LogP contribution in [0.25, 0.3) is 0 Å². The summed E-state index contributed by atoms with van der Waals surface area (Å²) >= 11 is 0. The van der Waals surface area contributed by atoms with Crippen molar-refractivity contribution in [2.75, 3.05) is 13.7 Å². The number of alkyl halides is 3. The third-order valence-electron chi connectivity index (χ3n) is 2.45. The molecule has 0 bridgehead atoms. The molecule has 0 saturated carbocycles. The summed E-state index contributed by atoms with van der Waals surface area (Å²) in [7, 11) is 1.39. The molecular weight excluding hydrogens is 265 g/mol. The molecular formula is C12H15F3O4. The number of hydrogen-bond acceptors (Lipinski definition) is 4. The highest BCUT2D eigenvalue weighted by Gasteiger charge is 2.38. The van der Waals surface area contributed by atoms with Crippen LogP contribution in [0.3, 0.4) is 0 Å². The third kappa shape index (κ3) is 4.29. The SMILES string of the molecule is COc1ccc([C@H](C)O)c(OCC(O)C(F)(F)F)c1. The van der Waals surface area contributed by atoms with Gasteiger partial charge in [-0.2, -0.15) is 13.2 Å². The lowest BCUT2D eigenvalue weighted by molar-refractivity contribution is -0.210. The van der Waals surface area contributed by atoms with Crippen LogP contribution in [0.5, 0.6) is 11.5 Å². The van der Waals surface area contributed by atoms with Gasteiger partial charge in [0.15, 0.2) is 6.10 Å². The van der Waals surface area contributed by atoms with Crippen LogP contribution in [0, 0.1) is 0 Å². The molecule has 1 rings (SSSR count). The van der Waals surface area contributed by atoms with Crippen molar-refractivity contribution in [3.05, 3.63) is 23.8 Å². The van der Waals surface area contributed by atoms with Gasteiger partial charge < -0.3 is 19.7 Å². The van der Waals surface area contributed by atoms with Gasteiger partial charge in [-0.15, -0.1) is 0 Å². The second-order valence-corrected chi connectivity index (χ2v) is 3.95. The molecule has 0 aromatic heterocycles. The lowest BCUT2D eigenvalue weighted by Crippen LogP contribution is -2.34. The smallest absolute Gasteiger partial charge is 0.417 e. The average molecular weight is 280 g/mol. The molecule has 4 nitrogen and oxygen atoms in total. The Hall–Kier alpha value is -1.47. The van der Waals surface area contributed by atoms with Gasteiger partial charge in [-0.05, 0) is 19.1 Å². The van der Waals surface area contributed by atoms with Crippen LogP contribution in [0.1, 0.15) is 18.6 Å². The highest BCUT2D eigenvalue weighted by molar-refractivity contribution is 5.41. The molecule has 1 unspecified atom stereocenters. The Morgan fingerprint density at radius 3 is 2.37 bits per heavy atom. The molecule has 0 aliphatic heterocycles. The maximum absolute atomic E-state index is 12.2.